The minimum atomic E-state index is -0.835. The van der Waals surface area contributed by atoms with Crippen LogP contribution in [0.4, 0.5) is 5.69 Å². The van der Waals surface area contributed by atoms with Crippen molar-refractivity contribution < 1.29 is 19.1 Å². The maximum absolute atomic E-state index is 13.1. The molecule has 1 amide bonds. The molecule has 0 saturated heterocycles. The number of hydrazone groups is 1. The Morgan fingerprint density at radius 1 is 1.21 bits per heavy atom. The Labute approximate surface area is 194 Å². The van der Waals surface area contributed by atoms with Gasteiger partial charge in [0.15, 0.2) is 11.6 Å². The van der Waals surface area contributed by atoms with E-state index in [-0.39, 0.29) is 17.5 Å². The summed E-state index contributed by atoms with van der Waals surface area (Å²) in [6.45, 7) is 7.48. The number of Topliss-reactive ketones (excluding diaryl/α,β-unsaturated/α-hetero) is 1. The Bertz CT molecular complexity index is 1080. The van der Waals surface area contributed by atoms with Crippen molar-refractivity contribution in [3.8, 4) is 0 Å². The lowest BCUT2D eigenvalue weighted by molar-refractivity contribution is -0.129. The van der Waals surface area contributed by atoms with Gasteiger partial charge < -0.3 is 10.1 Å². The third-order valence-corrected chi connectivity index (χ3v) is 5.65. The van der Waals surface area contributed by atoms with Gasteiger partial charge in [-0.25, -0.2) is 0 Å². The van der Waals surface area contributed by atoms with E-state index in [1.54, 1.807) is 13.0 Å². The van der Waals surface area contributed by atoms with Crippen LogP contribution in [0, 0.1) is 11.8 Å². The fourth-order valence-corrected chi connectivity index (χ4v) is 3.73. The van der Waals surface area contributed by atoms with Gasteiger partial charge in [-0.3, -0.25) is 19.8 Å². The number of ether oxygens (including phenoxy) is 1. The maximum atomic E-state index is 13.1. The Kier molecular flexibility index (Phi) is 7.77. The van der Waals surface area contributed by atoms with Gasteiger partial charge >= 0.3 is 0 Å². The SMILES string of the molecule is C=C(C)C(=O)NCc1ccc(NN=C2C(OC)=CC(=O)[C@H](C(=O)C3=CCCC=C3)C2C)cc1. The molecule has 0 fully saturated rings. The zero-order valence-electron chi connectivity index (χ0n) is 19.2. The van der Waals surface area contributed by atoms with Crippen molar-refractivity contribution in [2.75, 3.05) is 12.5 Å². The van der Waals surface area contributed by atoms with E-state index < -0.39 is 11.8 Å². The van der Waals surface area contributed by atoms with Gasteiger partial charge in [0, 0.05) is 29.7 Å². The number of allylic oxidation sites excluding steroid dienone is 6. The largest absolute Gasteiger partial charge is 0.495 e. The van der Waals surface area contributed by atoms with Crippen LogP contribution in [0.25, 0.3) is 0 Å². The summed E-state index contributed by atoms with van der Waals surface area (Å²) >= 11 is 0. The molecule has 0 bridgehead atoms. The molecule has 0 radical (unpaired) electrons. The molecule has 0 spiro atoms. The van der Waals surface area contributed by atoms with E-state index >= 15 is 0 Å². The first-order chi connectivity index (χ1) is 15.8. The molecule has 172 valence electrons. The molecule has 0 aromatic heterocycles. The summed E-state index contributed by atoms with van der Waals surface area (Å²) in [6.07, 6.45) is 8.66. The van der Waals surface area contributed by atoms with Gasteiger partial charge in [0.25, 0.3) is 0 Å². The second-order valence-electron chi connectivity index (χ2n) is 8.15. The molecule has 0 saturated carbocycles. The highest BCUT2D eigenvalue weighted by Crippen LogP contribution is 2.30. The Morgan fingerprint density at radius 2 is 1.94 bits per heavy atom. The molecule has 1 aromatic rings. The normalized spacial score (nSPS) is 21.2. The Hall–Kier alpha value is -3.74. The molecule has 0 aliphatic heterocycles. The van der Waals surface area contributed by atoms with Crippen LogP contribution in [0.5, 0.6) is 0 Å². The predicted octanol–water partition coefficient (Wildman–Crippen LogP) is 3.86. The van der Waals surface area contributed by atoms with Gasteiger partial charge in [0.05, 0.1) is 18.7 Å². The molecular formula is C26H29N3O4. The fourth-order valence-electron chi connectivity index (χ4n) is 3.73. The van der Waals surface area contributed by atoms with E-state index in [9.17, 15) is 14.4 Å². The number of hydrogen-bond acceptors (Lipinski definition) is 6. The predicted molar refractivity (Wildman–Crippen MR) is 128 cm³/mol. The minimum absolute atomic E-state index is 0.188. The van der Waals surface area contributed by atoms with Crippen molar-refractivity contribution >= 4 is 28.9 Å². The van der Waals surface area contributed by atoms with Crippen LogP contribution in [0.3, 0.4) is 0 Å². The van der Waals surface area contributed by atoms with Crippen LogP contribution in [-0.4, -0.2) is 30.3 Å². The van der Waals surface area contributed by atoms with Gasteiger partial charge in [0.2, 0.25) is 5.91 Å². The summed E-state index contributed by atoms with van der Waals surface area (Å²) in [5.41, 5.74) is 6.17. The number of nitrogens with one attached hydrogen (secondary N) is 2. The monoisotopic (exact) mass is 447 g/mol. The first kappa shape index (κ1) is 23.9. The topological polar surface area (TPSA) is 96.9 Å². The molecule has 3 rings (SSSR count). The van der Waals surface area contributed by atoms with E-state index in [1.165, 1.54) is 13.2 Å². The molecule has 1 unspecified atom stereocenters. The van der Waals surface area contributed by atoms with Gasteiger partial charge in [-0.15, -0.1) is 0 Å². The van der Waals surface area contributed by atoms with Gasteiger partial charge in [0.1, 0.15) is 11.5 Å². The second kappa shape index (κ2) is 10.7. The van der Waals surface area contributed by atoms with Crippen LogP contribution in [0.2, 0.25) is 0 Å². The zero-order valence-corrected chi connectivity index (χ0v) is 19.2. The molecular weight excluding hydrogens is 418 g/mol. The van der Waals surface area contributed by atoms with Crippen molar-refractivity contribution in [2.45, 2.75) is 33.2 Å². The highest BCUT2D eigenvalue weighted by Gasteiger charge is 2.40. The molecule has 2 aliphatic carbocycles. The van der Waals surface area contributed by atoms with Gasteiger partial charge in [-0.1, -0.05) is 43.9 Å². The third-order valence-electron chi connectivity index (χ3n) is 5.65. The first-order valence-electron chi connectivity index (χ1n) is 10.9. The number of ketones is 2. The number of methoxy groups -OCH3 is 1. The maximum Gasteiger partial charge on any atom is 0.246 e. The summed E-state index contributed by atoms with van der Waals surface area (Å²) in [7, 11) is 1.48. The highest BCUT2D eigenvalue weighted by atomic mass is 16.5. The molecule has 7 nitrogen and oxygen atoms in total. The average molecular weight is 448 g/mol. The van der Waals surface area contributed by atoms with Crippen molar-refractivity contribution in [2.24, 2.45) is 16.9 Å². The van der Waals surface area contributed by atoms with E-state index in [2.05, 4.69) is 22.4 Å². The van der Waals surface area contributed by atoms with E-state index in [0.29, 0.717) is 29.2 Å². The summed E-state index contributed by atoms with van der Waals surface area (Å²) in [6, 6.07) is 7.41. The lowest BCUT2D eigenvalue weighted by Crippen LogP contribution is -2.39. The molecule has 1 aromatic carbocycles. The van der Waals surface area contributed by atoms with Crippen molar-refractivity contribution in [1.82, 2.24) is 5.32 Å². The summed E-state index contributed by atoms with van der Waals surface area (Å²) in [5, 5.41) is 7.26. The number of benzene rings is 1. The van der Waals surface area contributed by atoms with Crippen molar-refractivity contribution in [3.63, 3.8) is 0 Å². The molecule has 2 aliphatic rings. The minimum Gasteiger partial charge on any atom is -0.495 e. The number of rotatable bonds is 8. The Morgan fingerprint density at radius 3 is 2.55 bits per heavy atom. The molecule has 33 heavy (non-hydrogen) atoms. The number of nitrogens with zero attached hydrogens (tertiary/aromatic N) is 1. The number of anilines is 1. The fraction of sp³-hybridized carbons (Fsp3) is 0.308. The Balaban J connectivity index is 1.75. The lowest BCUT2D eigenvalue weighted by Gasteiger charge is -2.28. The summed E-state index contributed by atoms with van der Waals surface area (Å²) < 4.78 is 5.38. The molecule has 2 atom stereocenters. The third kappa shape index (κ3) is 5.74. The lowest BCUT2D eigenvalue weighted by atomic mass is 9.76. The molecule has 7 heteroatoms. The van der Waals surface area contributed by atoms with Crippen molar-refractivity contribution in [3.05, 3.63) is 77.6 Å². The van der Waals surface area contributed by atoms with Crippen molar-refractivity contribution in [1.29, 1.82) is 0 Å². The van der Waals surface area contributed by atoms with E-state index in [1.807, 2.05) is 43.3 Å². The second-order valence-corrected chi connectivity index (χ2v) is 8.15. The quantitative estimate of drug-likeness (QED) is 0.358. The standard InChI is InChI=1S/C26H29N3O4/c1-16(2)26(32)27-15-18-10-12-20(13-11-18)28-29-24-17(3)23(21(30)14-22(24)33-4)25(31)19-8-6-5-7-9-19/h6,8-14,17,23,28H,1,5,7,15H2,2-4H3,(H,27,32)/t17?,23-/m1/s1. The van der Waals surface area contributed by atoms with Crippen LogP contribution in [-0.2, 0) is 25.7 Å². The number of amides is 1. The number of hydrogen-bond donors (Lipinski definition) is 2. The summed E-state index contributed by atoms with van der Waals surface area (Å²) in [4.78, 5) is 37.4. The molecule has 0 heterocycles. The van der Waals surface area contributed by atoms with Crippen LogP contribution in [0.15, 0.2) is 77.2 Å². The first-order valence-corrected chi connectivity index (χ1v) is 10.9. The van der Waals surface area contributed by atoms with Gasteiger partial charge in [-0.05, 0) is 37.5 Å². The average Bonchev–Trinajstić information content (AvgIpc) is 2.82. The number of carbonyl (C=O) groups excluding carboxylic acids is 3. The van der Waals surface area contributed by atoms with E-state index in [0.717, 1.165) is 24.1 Å². The highest BCUT2D eigenvalue weighted by molar-refractivity contribution is 6.22. The summed E-state index contributed by atoms with van der Waals surface area (Å²) in [5.74, 6) is -1.60. The smallest absolute Gasteiger partial charge is 0.246 e. The zero-order chi connectivity index (χ0) is 24.0. The van der Waals surface area contributed by atoms with E-state index in [4.69, 9.17) is 4.74 Å². The number of carbonyl (C=O) groups is 3. The van der Waals surface area contributed by atoms with Crippen LogP contribution < -0.4 is 10.7 Å². The van der Waals surface area contributed by atoms with Crippen LogP contribution in [0.1, 0.15) is 32.3 Å². The van der Waals surface area contributed by atoms with Gasteiger partial charge in [-0.2, -0.15) is 5.10 Å². The van der Waals surface area contributed by atoms with Crippen LogP contribution >= 0.6 is 0 Å². The molecule has 2 N–H and O–H groups in total.